The van der Waals surface area contributed by atoms with Gasteiger partial charge in [-0.2, -0.15) is 0 Å². The third-order valence-electron chi connectivity index (χ3n) is 5.17. The molecule has 1 heterocycles. The fourth-order valence-corrected chi connectivity index (χ4v) is 3.33. The molecule has 0 bridgehead atoms. The van der Waals surface area contributed by atoms with Crippen LogP contribution >= 0.6 is 0 Å². The molecule has 0 aliphatic heterocycles. The van der Waals surface area contributed by atoms with Gasteiger partial charge in [0.2, 0.25) is 5.91 Å². The van der Waals surface area contributed by atoms with Crippen molar-refractivity contribution in [3.8, 4) is 11.4 Å². The zero-order chi connectivity index (χ0) is 21.8. The lowest BCUT2D eigenvalue weighted by atomic mass is 10.2. The SMILES string of the molecule is CCOc1ccc(-n2c(=O)c3ccccc3n([C@H](C)C(=O)N[C@@H](C)CC)c2=O)cc1. The number of nitrogens with one attached hydrogen (secondary N) is 1. The first-order chi connectivity index (χ1) is 14.4. The Morgan fingerprint density at radius 1 is 1.03 bits per heavy atom. The Morgan fingerprint density at radius 3 is 2.33 bits per heavy atom. The van der Waals surface area contributed by atoms with Gasteiger partial charge in [0.15, 0.2) is 0 Å². The van der Waals surface area contributed by atoms with Crippen molar-refractivity contribution >= 4 is 16.8 Å². The van der Waals surface area contributed by atoms with Crippen LogP contribution in [-0.4, -0.2) is 27.7 Å². The van der Waals surface area contributed by atoms with Gasteiger partial charge in [-0.25, -0.2) is 9.36 Å². The number of ether oxygens (including phenoxy) is 1. The molecule has 0 aliphatic carbocycles. The van der Waals surface area contributed by atoms with E-state index in [0.29, 0.717) is 28.9 Å². The smallest absolute Gasteiger partial charge is 0.336 e. The van der Waals surface area contributed by atoms with E-state index in [2.05, 4.69) is 5.32 Å². The normalized spacial score (nSPS) is 13.1. The van der Waals surface area contributed by atoms with Crippen LogP contribution in [-0.2, 0) is 4.79 Å². The number of benzene rings is 2. The van der Waals surface area contributed by atoms with Crippen molar-refractivity contribution in [2.75, 3.05) is 6.61 Å². The molecule has 30 heavy (non-hydrogen) atoms. The largest absolute Gasteiger partial charge is 0.494 e. The summed E-state index contributed by atoms with van der Waals surface area (Å²) in [6.07, 6.45) is 0.778. The Hall–Kier alpha value is -3.35. The zero-order valence-corrected chi connectivity index (χ0v) is 17.7. The van der Waals surface area contributed by atoms with E-state index in [1.807, 2.05) is 20.8 Å². The summed E-state index contributed by atoms with van der Waals surface area (Å²) in [5.74, 6) is 0.380. The highest BCUT2D eigenvalue weighted by molar-refractivity contribution is 5.84. The molecule has 3 aromatic rings. The van der Waals surface area contributed by atoms with Crippen LogP contribution in [0.5, 0.6) is 5.75 Å². The average Bonchev–Trinajstić information content (AvgIpc) is 2.75. The number of hydrogen-bond acceptors (Lipinski definition) is 4. The Kier molecular flexibility index (Phi) is 6.40. The Bertz CT molecular complexity index is 1160. The number of para-hydroxylation sites is 1. The molecule has 7 heteroatoms. The van der Waals surface area contributed by atoms with Crippen LogP contribution < -0.4 is 21.3 Å². The molecule has 3 rings (SSSR count). The number of nitrogens with zero attached hydrogens (tertiary/aromatic N) is 2. The summed E-state index contributed by atoms with van der Waals surface area (Å²) < 4.78 is 7.93. The van der Waals surface area contributed by atoms with Crippen LogP contribution in [0.4, 0.5) is 0 Å². The zero-order valence-electron chi connectivity index (χ0n) is 17.7. The molecule has 1 aromatic heterocycles. The monoisotopic (exact) mass is 409 g/mol. The molecule has 7 nitrogen and oxygen atoms in total. The average molecular weight is 409 g/mol. The number of fused-ring (bicyclic) bond motifs is 1. The molecule has 0 saturated carbocycles. The quantitative estimate of drug-likeness (QED) is 0.650. The summed E-state index contributed by atoms with van der Waals surface area (Å²) in [6.45, 7) is 7.95. The standard InChI is InChI=1S/C23H27N3O4/c1-5-15(3)24-21(27)16(4)25-20-10-8-7-9-19(20)22(28)26(23(25)29)17-11-13-18(14-12-17)30-6-2/h7-16H,5-6H2,1-4H3,(H,24,27)/t15-,16+/m0/s1. The number of aromatic nitrogens is 2. The van der Waals surface area contributed by atoms with Gasteiger partial charge in [-0.3, -0.25) is 14.2 Å². The molecule has 158 valence electrons. The second-order valence-electron chi connectivity index (χ2n) is 7.23. The summed E-state index contributed by atoms with van der Waals surface area (Å²) in [7, 11) is 0. The molecule has 0 fully saturated rings. The van der Waals surface area contributed by atoms with E-state index >= 15 is 0 Å². The van der Waals surface area contributed by atoms with E-state index in [1.54, 1.807) is 55.5 Å². The van der Waals surface area contributed by atoms with Crippen LogP contribution in [0, 0.1) is 0 Å². The maximum atomic E-state index is 13.4. The highest BCUT2D eigenvalue weighted by Crippen LogP contribution is 2.17. The minimum absolute atomic E-state index is 0.0149. The van der Waals surface area contributed by atoms with E-state index < -0.39 is 17.3 Å². The Morgan fingerprint density at radius 2 is 1.70 bits per heavy atom. The topological polar surface area (TPSA) is 82.3 Å². The molecule has 0 radical (unpaired) electrons. The van der Waals surface area contributed by atoms with Crippen molar-refractivity contribution in [1.29, 1.82) is 0 Å². The molecule has 2 atom stereocenters. The van der Waals surface area contributed by atoms with Crippen molar-refractivity contribution in [3.63, 3.8) is 0 Å². The predicted molar refractivity (Wildman–Crippen MR) is 118 cm³/mol. The maximum absolute atomic E-state index is 13.4. The lowest BCUT2D eigenvalue weighted by Gasteiger charge is -2.21. The van der Waals surface area contributed by atoms with Gasteiger partial charge in [0.1, 0.15) is 11.8 Å². The van der Waals surface area contributed by atoms with Crippen LogP contribution in [0.15, 0.2) is 58.1 Å². The summed E-state index contributed by atoms with van der Waals surface area (Å²) in [6, 6.07) is 12.8. The minimum atomic E-state index is -0.786. The second-order valence-corrected chi connectivity index (χ2v) is 7.23. The molecular weight excluding hydrogens is 382 g/mol. The molecule has 0 aliphatic rings. The highest BCUT2D eigenvalue weighted by Gasteiger charge is 2.23. The molecule has 0 spiro atoms. The van der Waals surface area contributed by atoms with Crippen molar-refractivity contribution in [2.24, 2.45) is 0 Å². The Labute approximate surface area is 174 Å². The number of hydrogen-bond donors (Lipinski definition) is 1. The molecular formula is C23H27N3O4. The molecule has 1 N–H and O–H groups in total. The van der Waals surface area contributed by atoms with Crippen molar-refractivity contribution < 1.29 is 9.53 Å². The van der Waals surface area contributed by atoms with Gasteiger partial charge in [-0.05, 0) is 63.6 Å². The Balaban J connectivity index is 2.21. The van der Waals surface area contributed by atoms with Gasteiger partial charge in [0.05, 0.1) is 23.2 Å². The first-order valence-electron chi connectivity index (χ1n) is 10.2. The van der Waals surface area contributed by atoms with Crippen LogP contribution in [0.1, 0.15) is 40.2 Å². The number of amides is 1. The summed E-state index contributed by atoms with van der Waals surface area (Å²) >= 11 is 0. The van der Waals surface area contributed by atoms with Crippen LogP contribution in [0.2, 0.25) is 0 Å². The number of carbonyl (C=O) groups is 1. The fraction of sp³-hybridized carbons (Fsp3) is 0.348. The van der Waals surface area contributed by atoms with Gasteiger partial charge < -0.3 is 10.1 Å². The molecule has 0 saturated heterocycles. The van der Waals surface area contributed by atoms with E-state index in [-0.39, 0.29) is 11.9 Å². The summed E-state index contributed by atoms with van der Waals surface area (Å²) in [5, 5.41) is 3.28. The van der Waals surface area contributed by atoms with Gasteiger partial charge >= 0.3 is 5.69 Å². The lowest BCUT2D eigenvalue weighted by Crippen LogP contribution is -2.45. The van der Waals surface area contributed by atoms with Gasteiger partial charge in [0, 0.05) is 6.04 Å². The minimum Gasteiger partial charge on any atom is -0.494 e. The van der Waals surface area contributed by atoms with E-state index in [9.17, 15) is 14.4 Å². The van der Waals surface area contributed by atoms with Crippen LogP contribution in [0.25, 0.3) is 16.6 Å². The number of carbonyl (C=O) groups excluding carboxylic acids is 1. The molecule has 0 unspecified atom stereocenters. The highest BCUT2D eigenvalue weighted by atomic mass is 16.5. The fourth-order valence-electron chi connectivity index (χ4n) is 3.33. The summed E-state index contributed by atoms with van der Waals surface area (Å²) in [5.41, 5.74) is -0.135. The first-order valence-corrected chi connectivity index (χ1v) is 10.2. The third-order valence-corrected chi connectivity index (χ3v) is 5.17. The second kappa shape index (κ2) is 8.98. The third kappa shape index (κ3) is 4.01. The first kappa shape index (κ1) is 21.4. The lowest BCUT2D eigenvalue weighted by molar-refractivity contribution is -0.124. The van der Waals surface area contributed by atoms with E-state index in [1.165, 1.54) is 4.57 Å². The van der Waals surface area contributed by atoms with Crippen LogP contribution in [0.3, 0.4) is 0 Å². The number of rotatable bonds is 7. The van der Waals surface area contributed by atoms with E-state index in [0.717, 1.165) is 11.0 Å². The maximum Gasteiger partial charge on any atom is 0.336 e. The van der Waals surface area contributed by atoms with Gasteiger partial charge in [-0.1, -0.05) is 19.1 Å². The van der Waals surface area contributed by atoms with Crippen molar-refractivity contribution in [2.45, 2.75) is 46.2 Å². The summed E-state index contributed by atoms with van der Waals surface area (Å²) in [4.78, 5) is 39.4. The van der Waals surface area contributed by atoms with Gasteiger partial charge in [-0.15, -0.1) is 0 Å². The van der Waals surface area contributed by atoms with Gasteiger partial charge in [0.25, 0.3) is 5.56 Å². The van der Waals surface area contributed by atoms with Crippen molar-refractivity contribution in [3.05, 3.63) is 69.4 Å². The van der Waals surface area contributed by atoms with E-state index in [4.69, 9.17) is 4.74 Å². The predicted octanol–water partition coefficient (Wildman–Crippen LogP) is 3.03. The van der Waals surface area contributed by atoms with Crippen molar-refractivity contribution in [1.82, 2.24) is 14.5 Å². The molecule has 1 amide bonds. The molecule has 2 aromatic carbocycles.